The van der Waals surface area contributed by atoms with E-state index in [-0.39, 0.29) is 0 Å². The Labute approximate surface area is 60.9 Å². The highest BCUT2D eigenvalue weighted by Gasteiger charge is 2.22. The second-order valence-corrected chi connectivity index (χ2v) is 2.90. The van der Waals surface area contributed by atoms with E-state index in [1.54, 1.807) is 0 Å². The van der Waals surface area contributed by atoms with Gasteiger partial charge in [0, 0.05) is 12.2 Å². The van der Waals surface area contributed by atoms with Gasteiger partial charge in [-0.05, 0) is 19.3 Å². The fraction of sp³-hybridized carbons (Fsp3) is 0.625. The van der Waals surface area contributed by atoms with E-state index in [0.29, 0.717) is 0 Å². The summed E-state index contributed by atoms with van der Waals surface area (Å²) >= 11 is 0. The van der Waals surface area contributed by atoms with Crippen LogP contribution < -0.4 is 0 Å². The van der Waals surface area contributed by atoms with Gasteiger partial charge in [-0.1, -0.05) is 6.92 Å². The van der Waals surface area contributed by atoms with Crippen LogP contribution in [0.15, 0.2) is 12.5 Å². The van der Waals surface area contributed by atoms with Crippen LogP contribution in [-0.4, -0.2) is 9.55 Å². The van der Waals surface area contributed by atoms with E-state index >= 15 is 0 Å². The number of hydrogen-bond acceptors (Lipinski definition) is 1. The summed E-state index contributed by atoms with van der Waals surface area (Å²) in [6, 6.07) is 0.785. The van der Waals surface area contributed by atoms with Crippen molar-refractivity contribution in [3.8, 4) is 0 Å². The molecular weight excluding hydrogens is 124 g/mol. The van der Waals surface area contributed by atoms with Gasteiger partial charge in [0.15, 0.2) is 0 Å². The Bertz CT molecular complexity index is 223. The predicted molar refractivity (Wildman–Crippen MR) is 39.9 cm³/mol. The topological polar surface area (TPSA) is 17.8 Å². The zero-order valence-corrected chi connectivity index (χ0v) is 6.25. The highest BCUT2D eigenvalue weighted by molar-refractivity contribution is 4.99. The largest absolute Gasteiger partial charge is 0.334 e. The molecule has 0 spiro atoms. The molecule has 1 saturated carbocycles. The van der Waals surface area contributed by atoms with Gasteiger partial charge >= 0.3 is 0 Å². The maximum atomic E-state index is 4.26. The number of aromatic nitrogens is 2. The lowest BCUT2D eigenvalue weighted by Crippen LogP contribution is -1.86. The van der Waals surface area contributed by atoms with Crippen molar-refractivity contribution < 1.29 is 0 Å². The highest BCUT2D eigenvalue weighted by Crippen LogP contribution is 2.34. The van der Waals surface area contributed by atoms with Gasteiger partial charge in [0.05, 0.1) is 12.0 Å². The second-order valence-electron chi connectivity index (χ2n) is 2.90. The lowest BCUT2D eigenvalue weighted by atomic mass is 10.4. The molecule has 0 unspecified atom stereocenters. The van der Waals surface area contributed by atoms with Crippen molar-refractivity contribution >= 4 is 0 Å². The van der Waals surface area contributed by atoms with Crippen molar-refractivity contribution in [2.75, 3.05) is 0 Å². The monoisotopic (exact) mass is 136 g/mol. The first kappa shape index (κ1) is 5.96. The lowest BCUT2D eigenvalue weighted by molar-refractivity contribution is 0.739. The van der Waals surface area contributed by atoms with Crippen LogP contribution >= 0.6 is 0 Å². The van der Waals surface area contributed by atoms with Gasteiger partial charge in [-0.25, -0.2) is 4.98 Å². The van der Waals surface area contributed by atoms with Gasteiger partial charge in [-0.2, -0.15) is 0 Å². The summed E-state index contributed by atoms with van der Waals surface area (Å²) in [6.07, 6.45) is 7.87. The fourth-order valence-electron chi connectivity index (χ4n) is 1.13. The Morgan fingerprint density at radius 3 is 3.00 bits per heavy atom. The summed E-state index contributed by atoms with van der Waals surface area (Å²) < 4.78 is 2.23. The molecule has 0 aromatic carbocycles. The molecule has 1 heterocycles. The number of rotatable bonds is 2. The third kappa shape index (κ3) is 0.939. The average molecular weight is 136 g/mol. The molecular formula is C8H12N2. The highest BCUT2D eigenvalue weighted by atomic mass is 15.1. The minimum Gasteiger partial charge on any atom is -0.334 e. The number of aryl methyl sites for hydroxylation is 1. The molecule has 2 rings (SSSR count). The molecule has 0 radical (unpaired) electrons. The van der Waals surface area contributed by atoms with Gasteiger partial charge in [0.1, 0.15) is 0 Å². The third-order valence-electron chi connectivity index (χ3n) is 1.99. The maximum absolute atomic E-state index is 4.26. The van der Waals surface area contributed by atoms with Crippen LogP contribution in [0.1, 0.15) is 31.5 Å². The Hall–Kier alpha value is -0.790. The Kier molecular flexibility index (Phi) is 1.26. The molecule has 1 fully saturated rings. The zero-order valence-electron chi connectivity index (χ0n) is 6.25. The van der Waals surface area contributed by atoms with Crippen molar-refractivity contribution in [2.24, 2.45) is 0 Å². The molecule has 1 aromatic heterocycles. The summed E-state index contributed by atoms with van der Waals surface area (Å²) in [6.45, 7) is 2.14. The van der Waals surface area contributed by atoms with E-state index < -0.39 is 0 Å². The van der Waals surface area contributed by atoms with Gasteiger partial charge in [0.2, 0.25) is 0 Å². The molecule has 10 heavy (non-hydrogen) atoms. The standard InChI is InChI=1S/C8H12N2/c1-2-7-5-10(6-9-7)8-3-4-8/h5-6,8H,2-4H2,1H3. The molecule has 1 aromatic rings. The van der Waals surface area contributed by atoms with Crippen molar-refractivity contribution in [2.45, 2.75) is 32.2 Å². The quantitative estimate of drug-likeness (QED) is 0.606. The van der Waals surface area contributed by atoms with Crippen LogP contribution in [0, 0.1) is 0 Å². The number of imidazole rings is 1. The summed E-state index contributed by atoms with van der Waals surface area (Å²) in [5, 5.41) is 0. The Morgan fingerprint density at radius 2 is 2.50 bits per heavy atom. The summed E-state index contributed by atoms with van der Waals surface area (Å²) in [5.74, 6) is 0. The molecule has 0 saturated heterocycles. The van der Waals surface area contributed by atoms with Crippen molar-refractivity contribution in [1.82, 2.24) is 9.55 Å². The molecule has 0 bridgehead atoms. The molecule has 0 N–H and O–H groups in total. The van der Waals surface area contributed by atoms with Crippen LogP contribution in [-0.2, 0) is 6.42 Å². The normalized spacial score (nSPS) is 17.7. The smallest absolute Gasteiger partial charge is 0.0951 e. The molecule has 2 nitrogen and oxygen atoms in total. The molecule has 1 aliphatic carbocycles. The molecule has 0 amide bonds. The first-order chi connectivity index (χ1) is 4.90. The number of nitrogens with zero attached hydrogens (tertiary/aromatic N) is 2. The first-order valence-corrected chi connectivity index (χ1v) is 3.92. The molecule has 1 aliphatic rings. The summed E-state index contributed by atoms with van der Waals surface area (Å²) in [7, 11) is 0. The van der Waals surface area contributed by atoms with Gasteiger partial charge in [-0.15, -0.1) is 0 Å². The summed E-state index contributed by atoms with van der Waals surface area (Å²) in [4.78, 5) is 4.26. The minimum atomic E-state index is 0.785. The minimum absolute atomic E-state index is 0.785. The van der Waals surface area contributed by atoms with E-state index in [4.69, 9.17) is 0 Å². The Morgan fingerprint density at radius 1 is 1.70 bits per heavy atom. The Balaban J connectivity index is 2.19. The van der Waals surface area contributed by atoms with E-state index in [1.807, 2.05) is 6.33 Å². The molecule has 0 aliphatic heterocycles. The van der Waals surface area contributed by atoms with Gasteiger partial charge in [-0.3, -0.25) is 0 Å². The van der Waals surface area contributed by atoms with Crippen LogP contribution in [0.4, 0.5) is 0 Å². The van der Waals surface area contributed by atoms with E-state index in [1.165, 1.54) is 18.5 Å². The average Bonchev–Trinajstić information content (AvgIpc) is 2.70. The zero-order chi connectivity index (χ0) is 6.97. The first-order valence-electron chi connectivity index (χ1n) is 3.92. The van der Waals surface area contributed by atoms with Crippen LogP contribution in [0.5, 0.6) is 0 Å². The molecule has 0 atom stereocenters. The van der Waals surface area contributed by atoms with Gasteiger partial charge < -0.3 is 4.57 Å². The lowest BCUT2D eigenvalue weighted by Gasteiger charge is -1.92. The third-order valence-corrected chi connectivity index (χ3v) is 1.99. The van der Waals surface area contributed by atoms with E-state index in [9.17, 15) is 0 Å². The molecule has 54 valence electrons. The number of hydrogen-bond donors (Lipinski definition) is 0. The summed E-state index contributed by atoms with van der Waals surface area (Å²) in [5.41, 5.74) is 1.21. The van der Waals surface area contributed by atoms with Crippen LogP contribution in [0.2, 0.25) is 0 Å². The van der Waals surface area contributed by atoms with Crippen molar-refractivity contribution in [3.63, 3.8) is 0 Å². The van der Waals surface area contributed by atoms with Crippen molar-refractivity contribution in [3.05, 3.63) is 18.2 Å². The van der Waals surface area contributed by atoms with Gasteiger partial charge in [0.25, 0.3) is 0 Å². The fourth-order valence-corrected chi connectivity index (χ4v) is 1.13. The molecule has 2 heteroatoms. The second kappa shape index (κ2) is 2.11. The predicted octanol–water partition coefficient (Wildman–Crippen LogP) is 1.78. The maximum Gasteiger partial charge on any atom is 0.0951 e. The van der Waals surface area contributed by atoms with E-state index in [2.05, 4.69) is 22.7 Å². The van der Waals surface area contributed by atoms with Crippen molar-refractivity contribution in [1.29, 1.82) is 0 Å². The van der Waals surface area contributed by atoms with Crippen LogP contribution in [0.25, 0.3) is 0 Å². The van der Waals surface area contributed by atoms with Crippen LogP contribution in [0.3, 0.4) is 0 Å². The van der Waals surface area contributed by atoms with E-state index in [0.717, 1.165) is 12.5 Å². The SMILES string of the molecule is CCc1cn(C2CC2)cn1.